The van der Waals surface area contributed by atoms with Gasteiger partial charge >= 0.3 is 0 Å². The van der Waals surface area contributed by atoms with Gasteiger partial charge in [0.2, 0.25) is 0 Å². The summed E-state index contributed by atoms with van der Waals surface area (Å²) in [4.78, 5) is 3.78. The van der Waals surface area contributed by atoms with Crippen LogP contribution in [0.25, 0.3) is 6.08 Å². The zero-order chi connectivity index (χ0) is 11.5. The topological polar surface area (TPSA) is 12.9 Å². The predicted molar refractivity (Wildman–Crippen MR) is 70.4 cm³/mol. The fourth-order valence-electron chi connectivity index (χ4n) is 1.06. The summed E-state index contributed by atoms with van der Waals surface area (Å²) in [5, 5.41) is 0. The molecule has 0 bridgehead atoms. The number of halogens is 1. The highest BCUT2D eigenvalue weighted by Crippen LogP contribution is 2.00. The van der Waals surface area contributed by atoms with E-state index in [4.69, 9.17) is 11.6 Å². The number of nitrogens with zero attached hydrogens (tertiary/aromatic N) is 1. The van der Waals surface area contributed by atoms with E-state index in [1.54, 1.807) is 12.4 Å². The first-order chi connectivity index (χ1) is 7.93. The van der Waals surface area contributed by atoms with Crippen LogP contribution in [-0.2, 0) is 0 Å². The van der Waals surface area contributed by atoms with Gasteiger partial charge in [0.25, 0.3) is 0 Å². The van der Waals surface area contributed by atoms with Crippen molar-refractivity contribution < 1.29 is 0 Å². The Balaban J connectivity index is 0.000000181. The molecule has 82 valence electrons. The molecule has 0 radical (unpaired) electrons. The average Bonchev–Trinajstić information content (AvgIpc) is 2.40. The average molecular weight is 232 g/mol. The SMILES string of the molecule is ClCC=Cc1ccccc1.c1ccncc1. The predicted octanol–water partition coefficient (Wildman–Crippen LogP) is 4.02. The van der Waals surface area contributed by atoms with Crippen LogP contribution in [0.4, 0.5) is 0 Å². The Hall–Kier alpha value is -1.60. The van der Waals surface area contributed by atoms with Crippen LogP contribution >= 0.6 is 11.6 Å². The number of rotatable bonds is 2. The Bertz CT molecular complexity index is 357. The standard InChI is InChI=1S/C9H9Cl.C5H5N/c10-8-4-7-9-5-2-1-3-6-9;1-2-4-6-5-3-1/h1-7H,8H2;1-5H. The lowest BCUT2D eigenvalue weighted by Crippen LogP contribution is -1.67. The normalized spacial score (nSPS) is 9.56. The molecule has 0 N–H and O–H groups in total. The number of hydrogen-bond acceptors (Lipinski definition) is 1. The van der Waals surface area contributed by atoms with E-state index in [9.17, 15) is 0 Å². The first kappa shape index (κ1) is 12.5. The van der Waals surface area contributed by atoms with E-state index in [1.165, 1.54) is 5.56 Å². The van der Waals surface area contributed by atoms with Crippen LogP contribution in [0.2, 0.25) is 0 Å². The second kappa shape index (κ2) is 8.69. The van der Waals surface area contributed by atoms with Crippen LogP contribution in [0, 0.1) is 0 Å². The van der Waals surface area contributed by atoms with Crippen molar-refractivity contribution in [2.75, 3.05) is 5.88 Å². The van der Waals surface area contributed by atoms with Crippen molar-refractivity contribution in [2.24, 2.45) is 0 Å². The van der Waals surface area contributed by atoms with Gasteiger partial charge in [-0.15, -0.1) is 11.6 Å². The minimum absolute atomic E-state index is 0.578. The fraction of sp³-hybridized carbons (Fsp3) is 0.0714. The smallest absolute Gasteiger partial charge is 0.0407 e. The summed E-state index contributed by atoms with van der Waals surface area (Å²) < 4.78 is 0. The summed E-state index contributed by atoms with van der Waals surface area (Å²) in [5.41, 5.74) is 1.20. The minimum atomic E-state index is 0.578. The number of aromatic nitrogens is 1. The fourth-order valence-corrected chi connectivity index (χ4v) is 1.15. The van der Waals surface area contributed by atoms with Gasteiger partial charge < -0.3 is 0 Å². The molecule has 1 aromatic carbocycles. The third-order valence-corrected chi connectivity index (χ3v) is 1.94. The highest BCUT2D eigenvalue weighted by molar-refractivity contribution is 6.19. The van der Waals surface area contributed by atoms with Crippen molar-refractivity contribution in [3.05, 3.63) is 72.6 Å². The molecular weight excluding hydrogens is 218 g/mol. The monoisotopic (exact) mass is 231 g/mol. The first-order valence-electron chi connectivity index (χ1n) is 5.06. The van der Waals surface area contributed by atoms with Gasteiger partial charge in [-0.1, -0.05) is 48.6 Å². The van der Waals surface area contributed by atoms with Crippen LogP contribution in [0.15, 0.2) is 67.0 Å². The van der Waals surface area contributed by atoms with Gasteiger partial charge in [0.1, 0.15) is 0 Å². The Labute approximate surface area is 101 Å². The quantitative estimate of drug-likeness (QED) is 0.712. The third kappa shape index (κ3) is 5.99. The van der Waals surface area contributed by atoms with Crippen molar-refractivity contribution in [1.82, 2.24) is 4.98 Å². The maximum Gasteiger partial charge on any atom is 0.0407 e. The molecule has 0 atom stereocenters. The van der Waals surface area contributed by atoms with E-state index in [0.29, 0.717) is 5.88 Å². The number of allylic oxidation sites excluding steroid dienone is 1. The van der Waals surface area contributed by atoms with Crippen LogP contribution in [0.1, 0.15) is 5.56 Å². The highest BCUT2D eigenvalue weighted by atomic mass is 35.5. The molecule has 0 amide bonds. The summed E-state index contributed by atoms with van der Waals surface area (Å²) in [7, 11) is 0. The number of alkyl halides is 1. The molecule has 1 heterocycles. The summed E-state index contributed by atoms with van der Waals surface area (Å²) in [6.07, 6.45) is 7.43. The Morgan fingerprint density at radius 2 is 1.56 bits per heavy atom. The Kier molecular flexibility index (Phi) is 6.77. The molecule has 0 spiro atoms. The highest BCUT2D eigenvalue weighted by Gasteiger charge is 1.79. The van der Waals surface area contributed by atoms with E-state index in [-0.39, 0.29) is 0 Å². The van der Waals surface area contributed by atoms with Gasteiger partial charge in [-0.2, -0.15) is 0 Å². The van der Waals surface area contributed by atoms with E-state index in [1.807, 2.05) is 60.7 Å². The van der Waals surface area contributed by atoms with E-state index in [2.05, 4.69) is 4.98 Å². The molecule has 0 aliphatic heterocycles. The lowest BCUT2D eigenvalue weighted by molar-refractivity contribution is 1.33. The first-order valence-corrected chi connectivity index (χ1v) is 5.59. The molecule has 2 heteroatoms. The van der Waals surface area contributed by atoms with Gasteiger partial charge in [0.05, 0.1) is 0 Å². The number of hydrogen-bond donors (Lipinski definition) is 0. The van der Waals surface area contributed by atoms with Crippen LogP contribution in [0.3, 0.4) is 0 Å². The van der Waals surface area contributed by atoms with Gasteiger partial charge in [-0.3, -0.25) is 4.98 Å². The molecule has 1 aromatic heterocycles. The van der Waals surface area contributed by atoms with E-state index < -0.39 is 0 Å². The molecule has 0 fully saturated rings. The van der Waals surface area contributed by atoms with Gasteiger partial charge in [-0.05, 0) is 17.7 Å². The van der Waals surface area contributed by atoms with Crippen molar-refractivity contribution in [1.29, 1.82) is 0 Å². The Morgan fingerprint density at radius 1 is 0.938 bits per heavy atom. The summed E-state index contributed by atoms with van der Waals surface area (Å²) in [5.74, 6) is 0.578. The summed E-state index contributed by atoms with van der Waals surface area (Å²) in [6, 6.07) is 15.8. The third-order valence-electron chi connectivity index (χ3n) is 1.77. The second-order valence-electron chi connectivity index (χ2n) is 2.99. The van der Waals surface area contributed by atoms with Gasteiger partial charge in [0, 0.05) is 18.3 Å². The lowest BCUT2D eigenvalue weighted by Gasteiger charge is -1.87. The van der Waals surface area contributed by atoms with Gasteiger partial charge in [0.15, 0.2) is 0 Å². The van der Waals surface area contributed by atoms with Crippen LogP contribution in [0.5, 0.6) is 0 Å². The molecular formula is C14H14ClN. The van der Waals surface area contributed by atoms with E-state index in [0.717, 1.165) is 0 Å². The van der Waals surface area contributed by atoms with E-state index >= 15 is 0 Å². The number of pyridine rings is 1. The second-order valence-corrected chi connectivity index (χ2v) is 3.30. The molecule has 16 heavy (non-hydrogen) atoms. The van der Waals surface area contributed by atoms with Crippen LogP contribution in [-0.4, -0.2) is 10.9 Å². The maximum absolute atomic E-state index is 5.46. The molecule has 0 aliphatic rings. The molecule has 1 nitrogen and oxygen atoms in total. The summed E-state index contributed by atoms with van der Waals surface area (Å²) in [6.45, 7) is 0. The molecule has 2 aromatic rings. The Morgan fingerprint density at radius 3 is 2.00 bits per heavy atom. The van der Waals surface area contributed by atoms with Crippen molar-refractivity contribution >= 4 is 17.7 Å². The molecule has 0 unspecified atom stereocenters. The minimum Gasteiger partial charge on any atom is -0.265 e. The lowest BCUT2D eigenvalue weighted by atomic mass is 10.2. The maximum atomic E-state index is 5.46. The van der Waals surface area contributed by atoms with Crippen molar-refractivity contribution in [3.63, 3.8) is 0 Å². The zero-order valence-corrected chi connectivity index (χ0v) is 9.72. The van der Waals surface area contributed by atoms with Gasteiger partial charge in [-0.25, -0.2) is 0 Å². The molecule has 2 rings (SSSR count). The summed E-state index contributed by atoms with van der Waals surface area (Å²) >= 11 is 5.46. The molecule has 0 aliphatic carbocycles. The molecule has 0 saturated carbocycles. The van der Waals surface area contributed by atoms with Crippen molar-refractivity contribution in [2.45, 2.75) is 0 Å². The molecule has 0 saturated heterocycles. The van der Waals surface area contributed by atoms with Crippen molar-refractivity contribution in [3.8, 4) is 0 Å². The zero-order valence-electron chi connectivity index (χ0n) is 8.96. The largest absolute Gasteiger partial charge is 0.265 e. The number of benzene rings is 1. The van der Waals surface area contributed by atoms with Crippen LogP contribution < -0.4 is 0 Å².